The first-order chi connectivity index (χ1) is 9.22. The number of nitrogens with zero attached hydrogens (tertiary/aromatic N) is 1. The quantitative estimate of drug-likeness (QED) is 0.659. The highest BCUT2D eigenvalue weighted by Gasteiger charge is 2.24. The van der Waals surface area contributed by atoms with E-state index < -0.39 is 5.97 Å². The Morgan fingerprint density at radius 3 is 2.89 bits per heavy atom. The molecule has 19 heavy (non-hydrogen) atoms. The monoisotopic (exact) mass is 257 g/mol. The van der Waals surface area contributed by atoms with E-state index >= 15 is 0 Å². The van der Waals surface area contributed by atoms with Crippen LogP contribution in [0.2, 0.25) is 0 Å². The summed E-state index contributed by atoms with van der Waals surface area (Å²) in [5.41, 5.74) is 2.21. The Bertz CT molecular complexity index is 754. The highest BCUT2D eigenvalue weighted by Crippen LogP contribution is 2.33. The van der Waals surface area contributed by atoms with Crippen molar-refractivity contribution in [3.05, 3.63) is 41.9 Å². The molecule has 0 fully saturated rings. The average molecular weight is 257 g/mol. The largest absolute Gasteiger partial charge is 0.465 e. The van der Waals surface area contributed by atoms with Gasteiger partial charge >= 0.3 is 5.97 Å². The van der Waals surface area contributed by atoms with E-state index in [0.29, 0.717) is 22.6 Å². The van der Waals surface area contributed by atoms with Crippen molar-refractivity contribution < 1.29 is 18.5 Å². The van der Waals surface area contributed by atoms with E-state index in [2.05, 4.69) is 5.16 Å². The van der Waals surface area contributed by atoms with Gasteiger partial charge in [-0.25, -0.2) is 4.79 Å². The second kappa shape index (κ2) is 4.28. The predicted octanol–water partition coefficient (Wildman–Crippen LogP) is 3.18. The van der Waals surface area contributed by atoms with Gasteiger partial charge in [-0.05, 0) is 13.0 Å². The van der Waals surface area contributed by atoms with Gasteiger partial charge in [-0.1, -0.05) is 23.4 Å². The van der Waals surface area contributed by atoms with Gasteiger partial charge in [0.2, 0.25) is 0 Å². The number of benzene rings is 1. The first kappa shape index (κ1) is 11.5. The highest BCUT2D eigenvalue weighted by molar-refractivity contribution is 6.02. The molecule has 3 aromatic rings. The third kappa shape index (κ3) is 1.71. The highest BCUT2D eigenvalue weighted by atomic mass is 16.5. The van der Waals surface area contributed by atoms with Crippen LogP contribution in [0.15, 0.2) is 39.5 Å². The first-order valence-corrected chi connectivity index (χ1v) is 5.73. The van der Waals surface area contributed by atoms with Gasteiger partial charge in [0.15, 0.2) is 0 Å². The number of carbonyl (C=O) groups is 1. The number of methoxy groups -OCH3 is 1. The lowest BCUT2D eigenvalue weighted by Gasteiger charge is -1.98. The molecule has 0 amide bonds. The van der Waals surface area contributed by atoms with Gasteiger partial charge < -0.3 is 13.7 Å². The maximum absolute atomic E-state index is 11.8. The van der Waals surface area contributed by atoms with E-state index in [0.717, 1.165) is 11.0 Å². The van der Waals surface area contributed by atoms with E-state index in [1.807, 2.05) is 24.3 Å². The number of hydrogen-bond donors (Lipinski definition) is 0. The van der Waals surface area contributed by atoms with E-state index in [4.69, 9.17) is 13.7 Å². The summed E-state index contributed by atoms with van der Waals surface area (Å²) in [5.74, 6) is -0.0498. The molecule has 96 valence electrons. The smallest absolute Gasteiger partial charge is 0.343 e. The van der Waals surface area contributed by atoms with E-state index in [1.165, 1.54) is 7.11 Å². The van der Waals surface area contributed by atoms with Crippen LogP contribution in [0.25, 0.3) is 22.2 Å². The number of ether oxygens (including phenoxy) is 1. The number of aryl methyl sites for hydroxylation is 1. The number of aromatic nitrogens is 1. The third-order valence-corrected chi connectivity index (χ3v) is 2.99. The summed E-state index contributed by atoms with van der Waals surface area (Å²) in [6, 6.07) is 7.53. The number of carbonyl (C=O) groups excluding carboxylic acids is 1. The van der Waals surface area contributed by atoms with Gasteiger partial charge in [0.1, 0.15) is 28.9 Å². The Balaban J connectivity index is 2.25. The van der Waals surface area contributed by atoms with Gasteiger partial charge in [-0.15, -0.1) is 0 Å². The van der Waals surface area contributed by atoms with Crippen LogP contribution in [0, 0.1) is 6.92 Å². The van der Waals surface area contributed by atoms with E-state index in [9.17, 15) is 4.79 Å². The third-order valence-electron chi connectivity index (χ3n) is 2.99. The van der Waals surface area contributed by atoms with Crippen LogP contribution in [-0.4, -0.2) is 18.2 Å². The second-order valence-corrected chi connectivity index (χ2v) is 4.10. The molecule has 0 aliphatic carbocycles. The zero-order valence-corrected chi connectivity index (χ0v) is 10.5. The Kier molecular flexibility index (Phi) is 2.59. The molecule has 2 heterocycles. The lowest BCUT2D eigenvalue weighted by atomic mass is 10.1. The van der Waals surface area contributed by atoms with Crippen molar-refractivity contribution in [2.75, 3.05) is 7.11 Å². The van der Waals surface area contributed by atoms with Gasteiger partial charge in [0, 0.05) is 5.39 Å². The topological polar surface area (TPSA) is 65.5 Å². The molecule has 5 nitrogen and oxygen atoms in total. The standard InChI is InChI=1S/C14H11NO4/c1-8-12(14(16)17-2)13(15-19-8)10-7-18-11-6-4-3-5-9(10)11/h3-7H,1-2H3. The molecule has 0 unspecified atom stereocenters. The molecule has 0 atom stereocenters. The first-order valence-electron chi connectivity index (χ1n) is 5.73. The van der Waals surface area contributed by atoms with Crippen molar-refractivity contribution in [1.29, 1.82) is 0 Å². The van der Waals surface area contributed by atoms with Gasteiger partial charge in [0.05, 0.1) is 12.7 Å². The van der Waals surface area contributed by atoms with Crippen molar-refractivity contribution in [2.45, 2.75) is 6.92 Å². The number of esters is 1. The van der Waals surface area contributed by atoms with Gasteiger partial charge in [0.25, 0.3) is 0 Å². The number of para-hydroxylation sites is 1. The molecule has 3 rings (SSSR count). The summed E-state index contributed by atoms with van der Waals surface area (Å²) in [5, 5.41) is 4.82. The summed E-state index contributed by atoms with van der Waals surface area (Å²) < 4.78 is 15.3. The van der Waals surface area contributed by atoms with E-state index in [-0.39, 0.29) is 0 Å². The van der Waals surface area contributed by atoms with Gasteiger partial charge in [-0.3, -0.25) is 0 Å². The molecule has 0 aliphatic rings. The molecule has 0 saturated carbocycles. The maximum atomic E-state index is 11.8. The number of rotatable bonds is 2. The zero-order chi connectivity index (χ0) is 13.4. The minimum absolute atomic E-state index is 0.328. The van der Waals surface area contributed by atoms with Crippen LogP contribution in [-0.2, 0) is 4.74 Å². The number of hydrogen-bond acceptors (Lipinski definition) is 5. The Morgan fingerprint density at radius 2 is 2.11 bits per heavy atom. The molecule has 0 aliphatic heterocycles. The minimum Gasteiger partial charge on any atom is -0.465 e. The Hall–Kier alpha value is -2.56. The summed E-state index contributed by atoms with van der Waals surface area (Å²) in [6.07, 6.45) is 1.56. The molecular weight excluding hydrogens is 246 g/mol. The van der Waals surface area contributed by atoms with Crippen LogP contribution < -0.4 is 0 Å². The summed E-state index contributed by atoms with van der Waals surface area (Å²) in [4.78, 5) is 11.8. The fourth-order valence-corrected chi connectivity index (χ4v) is 2.06. The van der Waals surface area contributed by atoms with Crippen LogP contribution in [0.5, 0.6) is 0 Å². The Labute approximate surface area is 108 Å². The van der Waals surface area contributed by atoms with Gasteiger partial charge in [-0.2, -0.15) is 0 Å². The summed E-state index contributed by atoms with van der Waals surface area (Å²) in [6.45, 7) is 1.67. The molecule has 2 aromatic heterocycles. The lowest BCUT2D eigenvalue weighted by Crippen LogP contribution is -2.03. The number of fused-ring (bicyclic) bond motifs is 1. The molecule has 0 bridgehead atoms. The predicted molar refractivity (Wildman–Crippen MR) is 67.8 cm³/mol. The van der Waals surface area contributed by atoms with Crippen molar-refractivity contribution in [1.82, 2.24) is 5.16 Å². The van der Waals surface area contributed by atoms with Crippen molar-refractivity contribution >= 4 is 16.9 Å². The maximum Gasteiger partial charge on any atom is 0.343 e. The second-order valence-electron chi connectivity index (χ2n) is 4.10. The molecule has 0 radical (unpaired) electrons. The molecule has 5 heteroatoms. The Morgan fingerprint density at radius 1 is 1.32 bits per heavy atom. The van der Waals surface area contributed by atoms with Crippen LogP contribution in [0.4, 0.5) is 0 Å². The van der Waals surface area contributed by atoms with Crippen LogP contribution in [0.1, 0.15) is 16.1 Å². The van der Waals surface area contributed by atoms with Crippen LogP contribution in [0.3, 0.4) is 0 Å². The fraction of sp³-hybridized carbons (Fsp3) is 0.143. The molecular formula is C14H11NO4. The molecule has 0 saturated heterocycles. The van der Waals surface area contributed by atoms with E-state index in [1.54, 1.807) is 13.2 Å². The molecule has 0 spiro atoms. The van der Waals surface area contributed by atoms with Crippen molar-refractivity contribution in [2.24, 2.45) is 0 Å². The minimum atomic E-state index is -0.473. The molecule has 1 aromatic carbocycles. The average Bonchev–Trinajstić information content (AvgIpc) is 3.01. The molecule has 0 N–H and O–H groups in total. The van der Waals surface area contributed by atoms with Crippen LogP contribution >= 0.6 is 0 Å². The summed E-state index contributed by atoms with van der Waals surface area (Å²) in [7, 11) is 1.33. The number of furan rings is 1. The van der Waals surface area contributed by atoms with Crippen molar-refractivity contribution in [3.8, 4) is 11.3 Å². The van der Waals surface area contributed by atoms with Crippen molar-refractivity contribution in [3.63, 3.8) is 0 Å². The summed E-state index contributed by atoms with van der Waals surface area (Å²) >= 11 is 0. The SMILES string of the molecule is COC(=O)c1c(-c2coc3ccccc23)noc1C. The zero-order valence-electron chi connectivity index (χ0n) is 10.5. The lowest BCUT2D eigenvalue weighted by molar-refractivity contribution is 0.0599. The fourth-order valence-electron chi connectivity index (χ4n) is 2.06. The normalized spacial score (nSPS) is 10.8.